The Morgan fingerprint density at radius 1 is 1.00 bits per heavy atom. The number of unbranched alkanes of at least 4 members (excludes halogenated alkanes) is 2. The number of amides is 2. The van der Waals surface area contributed by atoms with E-state index in [0.717, 1.165) is 42.9 Å². The molecule has 2 atom stereocenters. The molecule has 1 aromatic carbocycles. The molecule has 0 spiro atoms. The highest BCUT2D eigenvalue weighted by Gasteiger charge is 2.16. The van der Waals surface area contributed by atoms with Crippen LogP contribution in [0.1, 0.15) is 82.8 Å². The van der Waals surface area contributed by atoms with Crippen LogP contribution in [0.5, 0.6) is 0 Å². The third-order valence-electron chi connectivity index (χ3n) is 5.65. The molecular formula is C25H40N2O2S2. The Bertz CT molecular complexity index is 658. The van der Waals surface area contributed by atoms with Gasteiger partial charge in [-0.25, -0.2) is 0 Å². The molecule has 1 heterocycles. The number of benzene rings is 1. The fourth-order valence-electron chi connectivity index (χ4n) is 3.72. The van der Waals surface area contributed by atoms with E-state index < -0.39 is 0 Å². The van der Waals surface area contributed by atoms with Crippen LogP contribution >= 0.6 is 21.6 Å². The molecule has 4 nitrogen and oxygen atoms in total. The van der Waals surface area contributed by atoms with E-state index in [1.165, 1.54) is 24.2 Å². The Hall–Kier alpha value is -1.14. The molecule has 1 unspecified atom stereocenters. The predicted molar refractivity (Wildman–Crippen MR) is 136 cm³/mol. The van der Waals surface area contributed by atoms with Crippen LogP contribution in [0.25, 0.3) is 0 Å². The smallest absolute Gasteiger partial charge is 0.227 e. The molecule has 6 heteroatoms. The third kappa shape index (κ3) is 10.8. The first-order chi connectivity index (χ1) is 15.0. The molecule has 0 saturated carbocycles. The zero-order valence-corrected chi connectivity index (χ0v) is 21.1. The molecule has 0 aromatic heterocycles. The molecule has 1 aliphatic heterocycles. The molecule has 1 saturated heterocycles. The molecule has 1 fully saturated rings. The summed E-state index contributed by atoms with van der Waals surface area (Å²) < 4.78 is 0. The van der Waals surface area contributed by atoms with Crippen molar-refractivity contribution in [1.82, 2.24) is 10.6 Å². The van der Waals surface area contributed by atoms with E-state index >= 15 is 0 Å². The van der Waals surface area contributed by atoms with Crippen LogP contribution in [-0.4, -0.2) is 35.9 Å². The lowest BCUT2D eigenvalue weighted by molar-refractivity contribution is -0.122. The van der Waals surface area contributed by atoms with Gasteiger partial charge in [0, 0.05) is 30.5 Å². The van der Waals surface area contributed by atoms with E-state index in [2.05, 4.69) is 48.7 Å². The summed E-state index contributed by atoms with van der Waals surface area (Å²) in [5, 5.41) is 6.84. The molecule has 2 rings (SSSR count). The standard InChI is InChI=1S/C25H40N2O2S2/c1-19(2)18-21-10-12-22(13-11-21)20(3)25(29)27-16-7-6-15-26-24(28)9-5-4-8-23-14-17-30-31-23/h10-13,19-20,23H,4-9,14-18H2,1-3H3,(H,26,28)(H,27,29)/t20?,23-/m0/s1. The molecule has 174 valence electrons. The SMILES string of the molecule is CC(C)Cc1ccc(C(C)C(=O)NCCCCNC(=O)CCCC[C@H]2CCSS2)cc1. The second-order valence-corrected chi connectivity index (χ2v) is 11.8. The van der Waals surface area contributed by atoms with Crippen LogP contribution in [0.15, 0.2) is 24.3 Å². The van der Waals surface area contributed by atoms with Crippen LogP contribution in [0.2, 0.25) is 0 Å². The molecule has 1 aromatic rings. The summed E-state index contributed by atoms with van der Waals surface area (Å²) in [4.78, 5) is 24.3. The van der Waals surface area contributed by atoms with Gasteiger partial charge in [-0.3, -0.25) is 9.59 Å². The van der Waals surface area contributed by atoms with Crippen LogP contribution in [-0.2, 0) is 16.0 Å². The van der Waals surface area contributed by atoms with Crippen LogP contribution in [0.3, 0.4) is 0 Å². The van der Waals surface area contributed by atoms with E-state index in [4.69, 9.17) is 0 Å². The summed E-state index contributed by atoms with van der Waals surface area (Å²) in [5.74, 6) is 2.00. The zero-order chi connectivity index (χ0) is 22.5. The summed E-state index contributed by atoms with van der Waals surface area (Å²) in [7, 11) is 3.99. The first-order valence-electron chi connectivity index (χ1n) is 11.9. The predicted octanol–water partition coefficient (Wildman–Crippen LogP) is 5.72. The largest absolute Gasteiger partial charge is 0.356 e. The zero-order valence-electron chi connectivity index (χ0n) is 19.5. The Kier molecular flexibility index (Phi) is 12.5. The number of carbonyl (C=O) groups is 2. The first-order valence-corrected chi connectivity index (χ1v) is 14.3. The summed E-state index contributed by atoms with van der Waals surface area (Å²) >= 11 is 0. The van der Waals surface area contributed by atoms with Crippen molar-refractivity contribution in [3.05, 3.63) is 35.4 Å². The number of rotatable bonds is 14. The van der Waals surface area contributed by atoms with Crippen molar-refractivity contribution in [2.75, 3.05) is 18.8 Å². The second-order valence-electron chi connectivity index (χ2n) is 8.98. The quantitative estimate of drug-likeness (QED) is 0.273. The molecule has 0 aliphatic carbocycles. The van der Waals surface area contributed by atoms with Gasteiger partial charge in [-0.15, -0.1) is 0 Å². The summed E-state index contributed by atoms with van der Waals surface area (Å²) in [6, 6.07) is 8.41. The molecule has 2 N–H and O–H groups in total. The molecule has 2 amide bonds. The van der Waals surface area contributed by atoms with Crippen LogP contribution < -0.4 is 10.6 Å². The Balaban J connectivity index is 1.49. The van der Waals surface area contributed by atoms with Gasteiger partial charge in [0.05, 0.1) is 5.92 Å². The summed E-state index contributed by atoms with van der Waals surface area (Å²) in [6.07, 6.45) is 8.16. The van der Waals surface area contributed by atoms with Crippen molar-refractivity contribution in [2.45, 2.75) is 83.3 Å². The van der Waals surface area contributed by atoms with Gasteiger partial charge < -0.3 is 10.6 Å². The summed E-state index contributed by atoms with van der Waals surface area (Å²) in [6.45, 7) is 7.73. The van der Waals surface area contributed by atoms with Crippen LogP contribution in [0, 0.1) is 5.92 Å². The number of carbonyl (C=O) groups excluding carboxylic acids is 2. The molecule has 31 heavy (non-hydrogen) atoms. The Morgan fingerprint density at radius 2 is 1.71 bits per heavy atom. The molecular weight excluding hydrogens is 424 g/mol. The maximum Gasteiger partial charge on any atom is 0.227 e. The van der Waals surface area contributed by atoms with Gasteiger partial charge in [0.15, 0.2) is 0 Å². The van der Waals surface area contributed by atoms with E-state index in [1.807, 2.05) is 28.5 Å². The minimum absolute atomic E-state index is 0.0690. The summed E-state index contributed by atoms with van der Waals surface area (Å²) in [5.41, 5.74) is 2.38. The van der Waals surface area contributed by atoms with Gasteiger partial charge in [-0.05, 0) is 62.5 Å². The minimum Gasteiger partial charge on any atom is -0.356 e. The maximum atomic E-state index is 12.4. The Labute approximate surface area is 196 Å². The van der Waals surface area contributed by atoms with Crippen molar-refractivity contribution in [3.8, 4) is 0 Å². The number of hydrogen-bond donors (Lipinski definition) is 2. The second kappa shape index (κ2) is 14.8. The molecule has 1 aliphatic rings. The van der Waals surface area contributed by atoms with Gasteiger partial charge in [0.2, 0.25) is 11.8 Å². The lowest BCUT2D eigenvalue weighted by Gasteiger charge is -2.14. The minimum atomic E-state index is -0.144. The fraction of sp³-hybridized carbons (Fsp3) is 0.680. The monoisotopic (exact) mass is 464 g/mol. The Morgan fingerprint density at radius 3 is 2.35 bits per heavy atom. The van der Waals surface area contributed by atoms with E-state index in [0.29, 0.717) is 25.4 Å². The van der Waals surface area contributed by atoms with Crippen molar-refractivity contribution >= 4 is 33.4 Å². The lowest BCUT2D eigenvalue weighted by atomic mass is 9.96. The van der Waals surface area contributed by atoms with Gasteiger partial charge in [-0.2, -0.15) is 0 Å². The maximum absolute atomic E-state index is 12.4. The van der Waals surface area contributed by atoms with Crippen LogP contribution in [0.4, 0.5) is 0 Å². The molecule has 0 radical (unpaired) electrons. The number of nitrogens with one attached hydrogen (secondary N) is 2. The lowest BCUT2D eigenvalue weighted by Crippen LogP contribution is -2.30. The van der Waals surface area contributed by atoms with E-state index in [1.54, 1.807) is 0 Å². The molecule has 0 bridgehead atoms. The van der Waals surface area contributed by atoms with Crippen molar-refractivity contribution in [3.63, 3.8) is 0 Å². The highest BCUT2D eigenvalue weighted by Crippen LogP contribution is 2.39. The van der Waals surface area contributed by atoms with E-state index in [9.17, 15) is 9.59 Å². The third-order valence-corrected chi connectivity index (χ3v) is 8.66. The normalized spacial score (nSPS) is 17.0. The van der Waals surface area contributed by atoms with Crippen molar-refractivity contribution in [2.24, 2.45) is 5.92 Å². The van der Waals surface area contributed by atoms with Gasteiger partial charge in [0.25, 0.3) is 0 Å². The average molecular weight is 465 g/mol. The van der Waals surface area contributed by atoms with Gasteiger partial charge in [0.1, 0.15) is 0 Å². The van der Waals surface area contributed by atoms with Crippen molar-refractivity contribution < 1.29 is 9.59 Å². The number of hydrogen-bond acceptors (Lipinski definition) is 4. The highest BCUT2D eigenvalue weighted by atomic mass is 33.1. The first kappa shape index (κ1) is 26.1. The van der Waals surface area contributed by atoms with Crippen molar-refractivity contribution in [1.29, 1.82) is 0 Å². The van der Waals surface area contributed by atoms with Gasteiger partial charge >= 0.3 is 0 Å². The topological polar surface area (TPSA) is 58.2 Å². The van der Waals surface area contributed by atoms with Gasteiger partial charge in [-0.1, -0.05) is 66.1 Å². The highest BCUT2D eigenvalue weighted by molar-refractivity contribution is 8.77. The fourth-order valence-corrected chi connectivity index (χ4v) is 6.75. The van der Waals surface area contributed by atoms with E-state index in [-0.39, 0.29) is 17.7 Å². The average Bonchev–Trinajstić information content (AvgIpc) is 3.26.